The molecule has 0 aliphatic heterocycles. The van der Waals surface area contributed by atoms with Gasteiger partial charge in [0.25, 0.3) is 0 Å². The molecule has 0 spiro atoms. The van der Waals surface area contributed by atoms with Crippen molar-refractivity contribution in [3.05, 3.63) is 12.7 Å². The first-order valence-corrected chi connectivity index (χ1v) is 2.46. The van der Waals surface area contributed by atoms with E-state index in [2.05, 4.69) is 11.6 Å². The van der Waals surface area contributed by atoms with Crippen molar-refractivity contribution in [2.24, 2.45) is 4.99 Å². The highest BCUT2D eigenvalue weighted by molar-refractivity contribution is 6.14. The number of rotatable bonds is 3. The Morgan fingerprint density at radius 1 is 1.75 bits per heavy atom. The van der Waals surface area contributed by atoms with Crippen LogP contribution in [0.15, 0.2) is 17.6 Å². The van der Waals surface area contributed by atoms with Crippen molar-refractivity contribution >= 4 is 12.4 Å². The van der Waals surface area contributed by atoms with Gasteiger partial charge in [-0.1, -0.05) is 6.08 Å². The first kappa shape index (κ1) is 7.08. The summed E-state index contributed by atoms with van der Waals surface area (Å²) in [5.41, 5.74) is 0. The molecule has 2 nitrogen and oxygen atoms in total. The normalized spacial score (nSPS) is 13.6. The van der Waals surface area contributed by atoms with Crippen LogP contribution in [0.1, 0.15) is 6.92 Å². The first-order valence-electron chi connectivity index (χ1n) is 2.46. The van der Waals surface area contributed by atoms with Crippen molar-refractivity contribution in [3.8, 4) is 0 Å². The molecule has 2 heteroatoms. The molecule has 0 aliphatic carbocycles. The smallest absolute Gasteiger partial charge is 0.0649 e. The topological polar surface area (TPSA) is 36.2 Å². The summed E-state index contributed by atoms with van der Waals surface area (Å²) < 4.78 is 0. The number of nitrogens with one attached hydrogen (secondary N) is 1. The Morgan fingerprint density at radius 2 is 2.38 bits per heavy atom. The maximum atomic E-state index is 6.56. The average molecular weight is 110 g/mol. The van der Waals surface area contributed by atoms with Crippen LogP contribution in [0, 0.1) is 5.41 Å². The molecule has 0 radical (unpaired) electrons. The second-order valence-corrected chi connectivity index (χ2v) is 1.44. The van der Waals surface area contributed by atoms with Crippen LogP contribution in [0.5, 0.6) is 0 Å². The van der Waals surface area contributed by atoms with Crippen LogP contribution in [0.4, 0.5) is 0 Å². The molecule has 0 saturated carbocycles. The Bertz CT molecular complexity index is 105. The fraction of sp³-hybridized carbons (Fsp3) is 0.333. The Kier molecular flexibility index (Phi) is 3.76. The lowest BCUT2D eigenvalue weighted by atomic mass is 10.4. The van der Waals surface area contributed by atoms with E-state index in [1.54, 1.807) is 6.08 Å². The molecule has 1 unspecified atom stereocenters. The van der Waals surface area contributed by atoms with E-state index in [9.17, 15) is 0 Å². The highest BCUT2D eigenvalue weighted by Crippen LogP contribution is 1.85. The zero-order chi connectivity index (χ0) is 6.41. The summed E-state index contributed by atoms with van der Waals surface area (Å²) in [4.78, 5) is 3.88. The Morgan fingerprint density at radius 3 is 2.75 bits per heavy atom. The molecule has 0 amide bonds. The van der Waals surface area contributed by atoms with Crippen LogP contribution < -0.4 is 0 Å². The lowest BCUT2D eigenvalue weighted by Crippen LogP contribution is -1.90. The van der Waals surface area contributed by atoms with E-state index in [-0.39, 0.29) is 6.04 Å². The van der Waals surface area contributed by atoms with Crippen LogP contribution in [0.25, 0.3) is 0 Å². The molecule has 1 atom stereocenters. The van der Waals surface area contributed by atoms with E-state index in [0.717, 1.165) is 6.21 Å². The third-order valence-corrected chi connectivity index (χ3v) is 0.737. The van der Waals surface area contributed by atoms with Gasteiger partial charge in [-0.3, -0.25) is 4.99 Å². The molecule has 0 aromatic heterocycles. The quantitative estimate of drug-likeness (QED) is 0.419. The molecule has 1 N–H and O–H groups in total. The van der Waals surface area contributed by atoms with E-state index >= 15 is 0 Å². The molecule has 0 heterocycles. The van der Waals surface area contributed by atoms with E-state index < -0.39 is 0 Å². The maximum Gasteiger partial charge on any atom is 0.0649 e. The predicted octanol–water partition coefficient (Wildman–Crippen LogP) is 1.28. The lowest BCUT2D eigenvalue weighted by Gasteiger charge is -1.91. The molecule has 0 rings (SSSR count). The summed E-state index contributed by atoms with van der Waals surface area (Å²) in [7, 11) is 0. The van der Waals surface area contributed by atoms with Crippen LogP contribution in [-0.2, 0) is 0 Å². The molecule has 0 aliphatic rings. The van der Waals surface area contributed by atoms with E-state index in [0.29, 0.717) is 0 Å². The van der Waals surface area contributed by atoms with Gasteiger partial charge in [-0.05, 0) is 6.92 Å². The summed E-state index contributed by atoms with van der Waals surface area (Å²) >= 11 is 0. The Balaban J connectivity index is 3.50. The molecule has 0 aromatic carbocycles. The summed E-state index contributed by atoms with van der Waals surface area (Å²) in [6, 6.07) is 0.136. The molecule has 0 fully saturated rings. The lowest BCUT2D eigenvalue weighted by molar-refractivity contribution is 0.938. The van der Waals surface area contributed by atoms with Gasteiger partial charge in [0.15, 0.2) is 0 Å². The van der Waals surface area contributed by atoms with Crippen molar-refractivity contribution in [2.45, 2.75) is 13.0 Å². The van der Waals surface area contributed by atoms with Gasteiger partial charge >= 0.3 is 0 Å². The predicted molar refractivity (Wildman–Crippen MR) is 36.9 cm³/mol. The summed E-state index contributed by atoms with van der Waals surface area (Å²) in [5, 5.41) is 6.56. The van der Waals surface area contributed by atoms with Gasteiger partial charge in [0.2, 0.25) is 0 Å². The van der Waals surface area contributed by atoms with Gasteiger partial charge in [0, 0.05) is 12.4 Å². The average Bonchev–Trinajstić information content (AvgIpc) is 1.83. The van der Waals surface area contributed by atoms with Gasteiger partial charge in [-0.2, -0.15) is 0 Å². The number of nitrogens with zero attached hydrogens (tertiary/aromatic N) is 1. The van der Waals surface area contributed by atoms with Gasteiger partial charge in [-0.25, -0.2) is 0 Å². The molecular formula is C6H10N2. The molecule has 0 bridgehead atoms. The minimum atomic E-state index is 0.136. The second kappa shape index (κ2) is 4.24. The van der Waals surface area contributed by atoms with Crippen molar-refractivity contribution < 1.29 is 0 Å². The van der Waals surface area contributed by atoms with Gasteiger partial charge in [0.05, 0.1) is 6.04 Å². The SMILES string of the molecule is C=CC(C)N=CC=N. The van der Waals surface area contributed by atoms with Crippen molar-refractivity contribution in [1.82, 2.24) is 0 Å². The zero-order valence-corrected chi connectivity index (χ0v) is 4.96. The minimum absolute atomic E-state index is 0.136. The van der Waals surface area contributed by atoms with Crippen molar-refractivity contribution in [3.63, 3.8) is 0 Å². The van der Waals surface area contributed by atoms with Crippen molar-refractivity contribution in [1.29, 1.82) is 5.41 Å². The third kappa shape index (κ3) is 3.28. The van der Waals surface area contributed by atoms with E-state index in [1.165, 1.54) is 6.21 Å². The summed E-state index contributed by atoms with van der Waals surface area (Å²) in [6.07, 6.45) is 4.33. The fourth-order valence-electron chi connectivity index (χ4n) is 0.240. The van der Waals surface area contributed by atoms with Gasteiger partial charge < -0.3 is 5.41 Å². The molecular weight excluding hydrogens is 100 g/mol. The van der Waals surface area contributed by atoms with Gasteiger partial charge in [-0.15, -0.1) is 6.58 Å². The standard InChI is InChI=1S/C6H10N2/c1-3-6(2)8-5-4-7/h3-7H,1H2,2H3. The van der Waals surface area contributed by atoms with Crippen molar-refractivity contribution in [2.75, 3.05) is 0 Å². The molecule has 0 aromatic rings. The molecule has 8 heavy (non-hydrogen) atoms. The van der Waals surface area contributed by atoms with Crippen LogP contribution in [-0.4, -0.2) is 18.5 Å². The maximum absolute atomic E-state index is 6.56. The zero-order valence-electron chi connectivity index (χ0n) is 4.96. The van der Waals surface area contributed by atoms with E-state index in [1.807, 2.05) is 6.92 Å². The monoisotopic (exact) mass is 110 g/mol. The highest BCUT2D eigenvalue weighted by atomic mass is 14.7. The van der Waals surface area contributed by atoms with Crippen LogP contribution in [0.3, 0.4) is 0 Å². The van der Waals surface area contributed by atoms with Gasteiger partial charge in [0.1, 0.15) is 0 Å². The minimum Gasteiger partial charge on any atom is -0.307 e. The third-order valence-electron chi connectivity index (χ3n) is 0.737. The summed E-state index contributed by atoms with van der Waals surface area (Å²) in [5.74, 6) is 0. The Hall–Kier alpha value is -0.920. The highest BCUT2D eigenvalue weighted by Gasteiger charge is 1.82. The number of aliphatic imine (C=N–C) groups is 1. The molecule has 0 saturated heterocycles. The second-order valence-electron chi connectivity index (χ2n) is 1.44. The number of hydrogen-bond acceptors (Lipinski definition) is 2. The fourth-order valence-corrected chi connectivity index (χ4v) is 0.240. The molecule has 44 valence electrons. The summed E-state index contributed by atoms with van der Waals surface area (Å²) in [6.45, 7) is 5.43. The largest absolute Gasteiger partial charge is 0.307 e. The van der Waals surface area contributed by atoms with E-state index in [4.69, 9.17) is 5.41 Å². The Labute approximate surface area is 49.5 Å². The first-order chi connectivity index (χ1) is 3.81. The number of hydrogen-bond donors (Lipinski definition) is 1. The van der Waals surface area contributed by atoms with Crippen LogP contribution >= 0.6 is 0 Å². The van der Waals surface area contributed by atoms with Crippen LogP contribution in [0.2, 0.25) is 0 Å².